The van der Waals surface area contributed by atoms with E-state index in [1.54, 1.807) is 0 Å². The van der Waals surface area contributed by atoms with E-state index in [4.69, 9.17) is 9.47 Å². The van der Waals surface area contributed by atoms with Gasteiger partial charge in [0.05, 0.1) is 37.4 Å². The number of ether oxygens (including phenoxy) is 2. The minimum atomic E-state index is -0.251. The number of carbonyl (C=O) groups excluding carboxylic acids is 1. The first-order chi connectivity index (χ1) is 14.1. The van der Waals surface area contributed by atoms with Crippen molar-refractivity contribution in [2.24, 2.45) is 0 Å². The van der Waals surface area contributed by atoms with Gasteiger partial charge in [-0.25, -0.2) is 0 Å². The molecule has 1 aromatic heterocycles. The molecule has 2 aliphatic heterocycles. The summed E-state index contributed by atoms with van der Waals surface area (Å²) >= 11 is 1.46. The number of benzene rings is 1. The average molecular weight is 418 g/mol. The Morgan fingerprint density at radius 3 is 2.28 bits per heavy atom. The highest BCUT2D eigenvalue weighted by Crippen LogP contribution is 2.30. The van der Waals surface area contributed by atoms with Crippen LogP contribution in [0.3, 0.4) is 0 Å². The summed E-state index contributed by atoms with van der Waals surface area (Å²) in [6.07, 6.45) is 0. The lowest BCUT2D eigenvalue weighted by Crippen LogP contribution is -2.44. The number of aromatic nitrogens is 3. The van der Waals surface area contributed by atoms with Crippen molar-refractivity contribution in [2.75, 3.05) is 57.5 Å². The molecule has 8 nitrogen and oxygen atoms in total. The molecular formula is C20H27N5O3S. The SMILES string of the molecule is Cc1ccc(-n2c(SC(C)C(=O)N3CCOCC3)nnc2N2CCOCC2)cc1. The van der Waals surface area contributed by atoms with Crippen molar-refractivity contribution in [1.82, 2.24) is 19.7 Å². The highest BCUT2D eigenvalue weighted by atomic mass is 32.2. The van der Waals surface area contributed by atoms with Crippen LogP contribution in [0.2, 0.25) is 0 Å². The van der Waals surface area contributed by atoms with Crippen LogP contribution in [-0.4, -0.2) is 83.4 Å². The summed E-state index contributed by atoms with van der Waals surface area (Å²) in [4.78, 5) is 16.9. The van der Waals surface area contributed by atoms with Gasteiger partial charge in [0.25, 0.3) is 0 Å². The number of morpholine rings is 2. The normalized spacial score (nSPS) is 18.7. The lowest BCUT2D eigenvalue weighted by molar-refractivity contribution is -0.134. The first-order valence-corrected chi connectivity index (χ1v) is 10.9. The monoisotopic (exact) mass is 417 g/mol. The van der Waals surface area contributed by atoms with E-state index >= 15 is 0 Å². The van der Waals surface area contributed by atoms with E-state index in [9.17, 15) is 4.79 Å². The van der Waals surface area contributed by atoms with E-state index in [1.165, 1.54) is 17.3 Å². The van der Waals surface area contributed by atoms with E-state index in [2.05, 4.69) is 50.9 Å². The lowest BCUT2D eigenvalue weighted by atomic mass is 10.2. The second kappa shape index (κ2) is 9.15. The van der Waals surface area contributed by atoms with Crippen molar-refractivity contribution < 1.29 is 14.3 Å². The highest BCUT2D eigenvalue weighted by molar-refractivity contribution is 8.00. The van der Waals surface area contributed by atoms with Crippen LogP contribution < -0.4 is 4.90 Å². The van der Waals surface area contributed by atoms with E-state index in [-0.39, 0.29) is 11.2 Å². The third-order valence-electron chi connectivity index (χ3n) is 5.16. The van der Waals surface area contributed by atoms with Gasteiger partial charge in [-0.05, 0) is 26.0 Å². The number of carbonyl (C=O) groups is 1. The van der Waals surface area contributed by atoms with Crippen LogP contribution in [0.1, 0.15) is 12.5 Å². The Morgan fingerprint density at radius 2 is 1.62 bits per heavy atom. The summed E-state index contributed by atoms with van der Waals surface area (Å²) < 4.78 is 12.9. The summed E-state index contributed by atoms with van der Waals surface area (Å²) in [6, 6.07) is 8.30. The molecule has 0 saturated carbocycles. The maximum Gasteiger partial charge on any atom is 0.236 e. The smallest absolute Gasteiger partial charge is 0.236 e. The number of aryl methyl sites for hydroxylation is 1. The molecule has 29 heavy (non-hydrogen) atoms. The molecule has 0 spiro atoms. The van der Waals surface area contributed by atoms with E-state index < -0.39 is 0 Å². The largest absolute Gasteiger partial charge is 0.378 e. The second-order valence-electron chi connectivity index (χ2n) is 7.25. The molecule has 1 atom stereocenters. The van der Waals surface area contributed by atoms with Gasteiger partial charge in [-0.2, -0.15) is 0 Å². The van der Waals surface area contributed by atoms with Gasteiger partial charge >= 0.3 is 0 Å². The van der Waals surface area contributed by atoms with Crippen molar-refractivity contribution in [1.29, 1.82) is 0 Å². The van der Waals surface area contributed by atoms with Gasteiger partial charge in [-0.1, -0.05) is 29.5 Å². The van der Waals surface area contributed by atoms with Gasteiger partial charge in [-0.15, -0.1) is 10.2 Å². The molecule has 2 aliphatic rings. The Labute approximate surface area is 175 Å². The van der Waals surface area contributed by atoms with Crippen LogP contribution in [0, 0.1) is 6.92 Å². The number of amides is 1. The van der Waals surface area contributed by atoms with Gasteiger partial charge in [0.1, 0.15) is 0 Å². The number of hydrogen-bond acceptors (Lipinski definition) is 7. The van der Waals surface area contributed by atoms with Crippen LogP contribution in [0.25, 0.3) is 5.69 Å². The maximum absolute atomic E-state index is 12.9. The minimum absolute atomic E-state index is 0.115. The molecule has 1 unspecified atom stereocenters. The molecule has 2 fully saturated rings. The molecule has 1 aromatic carbocycles. The fourth-order valence-corrected chi connectivity index (χ4v) is 4.42. The van der Waals surface area contributed by atoms with Crippen LogP contribution >= 0.6 is 11.8 Å². The molecule has 3 heterocycles. The predicted octanol–water partition coefficient (Wildman–Crippen LogP) is 1.75. The lowest BCUT2D eigenvalue weighted by Gasteiger charge is -2.29. The van der Waals surface area contributed by atoms with Crippen LogP contribution in [0.5, 0.6) is 0 Å². The van der Waals surface area contributed by atoms with Crippen molar-refractivity contribution in [3.05, 3.63) is 29.8 Å². The van der Waals surface area contributed by atoms with Gasteiger partial charge < -0.3 is 19.3 Å². The highest BCUT2D eigenvalue weighted by Gasteiger charge is 2.27. The van der Waals surface area contributed by atoms with Crippen molar-refractivity contribution in [2.45, 2.75) is 24.3 Å². The van der Waals surface area contributed by atoms with Gasteiger partial charge in [0, 0.05) is 26.2 Å². The molecule has 2 saturated heterocycles. The Morgan fingerprint density at radius 1 is 1.00 bits per heavy atom. The zero-order valence-corrected chi connectivity index (χ0v) is 17.7. The molecule has 9 heteroatoms. The molecule has 2 aromatic rings. The van der Waals surface area contributed by atoms with E-state index in [1.807, 2.05) is 11.8 Å². The maximum atomic E-state index is 12.9. The quantitative estimate of drug-likeness (QED) is 0.687. The van der Waals surface area contributed by atoms with Crippen LogP contribution in [0.15, 0.2) is 29.4 Å². The number of hydrogen-bond donors (Lipinski definition) is 0. The molecule has 1 amide bonds. The number of nitrogens with zero attached hydrogens (tertiary/aromatic N) is 5. The minimum Gasteiger partial charge on any atom is -0.378 e. The Balaban J connectivity index is 1.61. The third kappa shape index (κ3) is 4.57. The molecule has 0 radical (unpaired) electrons. The van der Waals surface area contributed by atoms with E-state index in [0.717, 1.165) is 29.9 Å². The van der Waals surface area contributed by atoms with Gasteiger partial charge in [0.2, 0.25) is 11.9 Å². The van der Waals surface area contributed by atoms with Crippen molar-refractivity contribution >= 4 is 23.6 Å². The fraction of sp³-hybridized carbons (Fsp3) is 0.550. The molecule has 0 N–H and O–H groups in total. The molecule has 156 valence electrons. The fourth-order valence-electron chi connectivity index (χ4n) is 3.48. The number of anilines is 1. The molecular weight excluding hydrogens is 390 g/mol. The van der Waals surface area contributed by atoms with Gasteiger partial charge in [-0.3, -0.25) is 9.36 Å². The summed E-state index contributed by atoms with van der Waals surface area (Å²) in [7, 11) is 0. The Kier molecular flexibility index (Phi) is 6.37. The topological polar surface area (TPSA) is 72.7 Å². The first-order valence-electron chi connectivity index (χ1n) is 10.0. The van der Waals surface area contributed by atoms with Gasteiger partial charge in [0.15, 0.2) is 5.16 Å². The Bertz CT molecular complexity index is 829. The molecule has 4 rings (SSSR count). The molecule has 0 bridgehead atoms. The van der Waals surface area contributed by atoms with E-state index in [0.29, 0.717) is 39.5 Å². The predicted molar refractivity (Wildman–Crippen MR) is 112 cm³/mol. The first kappa shape index (κ1) is 20.2. The van der Waals surface area contributed by atoms with Crippen molar-refractivity contribution in [3.8, 4) is 5.69 Å². The Hall–Kier alpha value is -2.10. The van der Waals surface area contributed by atoms with Crippen molar-refractivity contribution in [3.63, 3.8) is 0 Å². The number of thioether (sulfide) groups is 1. The average Bonchev–Trinajstić information content (AvgIpc) is 3.18. The standard InChI is InChI=1S/C20H27N5O3S/c1-15-3-5-17(6-4-15)25-19(24-9-13-28-14-10-24)21-22-20(25)29-16(2)18(26)23-7-11-27-12-8-23/h3-6,16H,7-14H2,1-2H3. The second-order valence-corrected chi connectivity index (χ2v) is 8.56. The van der Waals surface area contributed by atoms with Crippen LogP contribution in [0.4, 0.5) is 5.95 Å². The third-order valence-corrected chi connectivity index (χ3v) is 6.19. The summed E-state index contributed by atoms with van der Waals surface area (Å²) in [6.45, 7) is 9.40. The summed E-state index contributed by atoms with van der Waals surface area (Å²) in [5, 5.41) is 9.41. The number of rotatable bonds is 5. The van der Waals surface area contributed by atoms with Crippen LogP contribution in [-0.2, 0) is 14.3 Å². The summed E-state index contributed by atoms with van der Waals surface area (Å²) in [5.41, 5.74) is 2.19. The summed E-state index contributed by atoms with van der Waals surface area (Å²) in [5.74, 6) is 0.912. The zero-order valence-electron chi connectivity index (χ0n) is 16.9. The zero-order chi connectivity index (χ0) is 20.2. The molecule has 0 aliphatic carbocycles.